The van der Waals surface area contributed by atoms with E-state index in [1.807, 2.05) is 37.4 Å². The maximum absolute atomic E-state index is 13.3. The Kier molecular flexibility index (Phi) is 12.3. The van der Waals surface area contributed by atoms with Gasteiger partial charge in [-0.25, -0.2) is 9.97 Å². The fraction of sp³-hybridized carbons (Fsp3) is 0.567. The van der Waals surface area contributed by atoms with Crippen LogP contribution in [0, 0.1) is 12.3 Å². The van der Waals surface area contributed by atoms with Gasteiger partial charge in [-0.15, -0.1) is 23.5 Å². The van der Waals surface area contributed by atoms with Gasteiger partial charge in [0.05, 0.1) is 18.3 Å². The van der Waals surface area contributed by atoms with E-state index in [0.29, 0.717) is 6.54 Å². The van der Waals surface area contributed by atoms with E-state index in [4.69, 9.17) is 13.8 Å². The second kappa shape index (κ2) is 15.5. The number of amides is 1. The van der Waals surface area contributed by atoms with E-state index in [0.717, 1.165) is 81.9 Å². The number of rotatable bonds is 13. The molecule has 4 rings (SSSR count). The maximum atomic E-state index is 13.3. The molecule has 1 aromatic carbocycles. The van der Waals surface area contributed by atoms with Crippen molar-refractivity contribution in [3.05, 3.63) is 36.0 Å². The van der Waals surface area contributed by atoms with Crippen molar-refractivity contribution >= 4 is 67.0 Å². The Morgan fingerprint density at radius 2 is 1.83 bits per heavy atom. The van der Waals surface area contributed by atoms with E-state index < -0.39 is 9.04 Å². The van der Waals surface area contributed by atoms with Gasteiger partial charge >= 0.3 is 0 Å². The monoisotopic (exact) mass is 646 g/mol. The number of benzene rings is 1. The summed E-state index contributed by atoms with van der Waals surface area (Å²) >= 11 is 4.98. The molecule has 229 valence electrons. The first-order valence-corrected chi connectivity index (χ1v) is 20.0. The molecule has 3 aromatic rings. The van der Waals surface area contributed by atoms with E-state index in [-0.39, 0.29) is 17.4 Å². The third-order valence-electron chi connectivity index (χ3n) is 7.02. The number of piperazine rings is 1. The molecule has 1 N–H and O–H groups in total. The minimum Gasteiger partial charge on any atom is -0.431 e. The Balaban J connectivity index is 1.28. The number of thioether (sulfide) groups is 3. The van der Waals surface area contributed by atoms with Gasteiger partial charge in [-0.3, -0.25) is 14.6 Å². The van der Waals surface area contributed by atoms with Crippen molar-refractivity contribution in [2.45, 2.75) is 62.0 Å². The fourth-order valence-electron chi connectivity index (χ4n) is 4.62. The predicted octanol–water partition coefficient (Wildman–Crippen LogP) is 6.38. The summed E-state index contributed by atoms with van der Waals surface area (Å²) in [5.74, 6) is 1.72. The number of anilines is 1. The minimum absolute atomic E-state index is 0.00834. The SMILES string of the molecule is CSc1cc(C)nc(SCC(O[Si](C)C)C(C)(C)C)c1NC(=O)CN1CCN(CCSc2nc3ccccc3o2)CC1. The second-order valence-electron chi connectivity index (χ2n) is 11.8. The van der Waals surface area contributed by atoms with Crippen molar-refractivity contribution in [3.63, 3.8) is 0 Å². The highest BCUT2D eigenvalue weighted by molar-refractivity contribution is 8.00. The quantitative estimate of drug-likeness (QED) is 0.167. The molecule has 42 heavy (non-hydrogen) atoms. The number of nitrogens with zero attached hydrogens (tertiary/aromatic N) is 4. The molecule has 1 amide bonds. The number of hydrogen-bond acceptors (Lipinski definition) is 10. The Labute approximate surface area is 265 Å². The van der Waals surface area contributed by atoms with Crippen molar-refractivity contribution in [1.82, 2.24) is 19.8 Å². The van der Waals surface area contributed by atoms with E-state index in [9.17, 15) is 4.79 Å². The highest BCUT2D eigenvalue weighted by Crippen LogP contribution is 2.37. The van der Waals surface area contributed by atoms with Gasteiger partial charge in [0.15, 0.2) is 5.58 Å². The lowest BCUT2D eigenvalue weighted by Gasteiger charge is -2.34. The highest BCUT2D eigenvalue weighted by atomic mass is 32.2. The normalized spacial score (nSPS) is 15.9. The molecule has 1 atom stereocenters. The molecular formula is C30H44N5O3S3Si. The molecule has 2 aromatic heterocycles. The summed E-state index contributed by atoms with van der Waals surface area (Å²) < 4.78 is 12.2. The van der Waals surface area contributed by atoms with Crippen molar-refractivity contribution in [1.29, 1.82) is 0 Å². The van der Waals surface area contributed by atoms with Gasteiger partial charge < -0.3 is 14.2 Å². The summed E-state index contributed by atoms with van der Waals surface area (Å²) in [6.45, 7) is 18.0. The summed E-state index contributed by atoms with van der Waals surface area (Å²) in [7, 11) is -0.836. The topological polar surface area (TPSA) is 83.7 Å². The van der Waals surface area contributed by atoms with Crippen LogP contribution in [0.3, 0.4) is 0 Å². The molecule has 3 heterocycles. The fourth-order valence-corrected chi connectivity index (χ4v) is 8.68. The lowest BCUT2D eigenvalue weighted by atomic mass is 9.90. The minimum atomic E-state index is -0.836. The van der Waals surface area contributed by atoms with Crippen LogP contribution in [0.4, 0.5) is 5.69 Å². The number of fused-ring (bicyclic) bond motifs is 1. The van der Waals surface area contributed by atoms with Gasteiger partial charge in [0.1, 0.15) is 10.5 Å². The molecule has 8 nitrogen and oxygen atoms in total. The third kappa shape index (κ3) is 9.73. The smallest absolute Gasteiger partial charge is 0.256 e. The Morgan fingerprint density at radius 3 is 2.50 bits per heavy atom. The van der Waals surface area contributed by atoms with Gasteiger partial charge in [0.2, 0.25) is 14.9 Å². The lowest BCUT2D eigenvalue weighted by molar-refractivity contribution is -0.117. The molecule has 0 spiro atoms. The number of hydrogen-bond donors (Lipinski definition) is 1. The van der Waals surface area contributed by atoms with Crippen molar-refractivity contribution < 1.29 is 13.6 Å². The largest absolute Gasteiger partial charge is 0.431 e. The summed E-state index contributed by atoms with van der Waals surface area (Å²) in [5, 5.41) is 4.82. The first-order chi connectivity index (χ1) is 20.0. The second-order valence-corrected chi connectivity index (χ2v) is 16.8. The molecule has 1 aliphatic rings. The van der Waals surface area contributed by atoms with Crippen LogP contribution in [-0.4, -0.2) is 97.8 Å². The zero-order valence-electron chi connectivity index (χ0n) is 25.9. The first kappa shape index (κ1) is 33.4. The molecule has 0 saturated carbocycles. The molecule has 0 bridgehead atoms. The Hall–Kier alpha value is -1.54. The van der Waals surface area contributed by atoms with Crippen molar-refractivity contribution in [2.75, 3.05) is 62.3 Å². The number of para-hydroxylation sites is 2. The Morgan fingerprint density at radius 1 is 1.12 bits per heavy atom. The van der Waals surface area contributed by atoms with Crippen molar-refractivity contribution in [2.24, 2.45) is 5.41 Å². The van der Waals surface area contributed by atoms with Crippen LogP contribution >= 0.6 is 35.3 Å². The van der Waals surface area contributed by atoms with Crippen LogP contribution in [0.2, 0.25) is 13.1 Å². The number of aromatic nitrogens is 2. The van der Waals surface area contributed by atoms with Crippen LogP contribution < -0.4 is 5.32 Å². The first-order valence-electron chi connectivity index (χ1n) is 14.4. The van der Waals surface area contributed by atoms with Gasteiger partial charge in [-0.05, 0) is 49.9 Å². The predicted molar refractivity (Wildman–Crippen MR) is 180 cm³/mol. The molecular weight excluding hydrogens is 603 g/mol. The summed E-state index contributed by atoms with van der Waals surface area (Å²) in [6, 6.07) is 9.92. The number of aryl methyl sites for hydroxylation is 1. The van der Waals surface area contributed by atoms with Gasteiger partial charge in [0.25, 0.3) is 5.22 Å². The zero-order valence-corrected chi connectivity index (χ0v) is 29.3. The molecule has 1 unspecified atom stereocenters. The molecule has 12 heteroatoms. The van der Waals surface area contributed by atoms with Gasteiger partial charge in [-0.2, -0.15) is 0 Å². The van der Waals surface area contributed by atoms with E-state index >= 15 is 0 Å². The average Bonchev–Trinajstić information content (AvgIpc) is 3.35. The van der Waals surface area contributed by atoms with E-state index in [1.165, 1.54) is 0 Å². The molecule has 1 aliphatic heterocycles. The van der Waals surface area contributed by atoms with Crippen molar-refractivity contribution in [3.8, 4) is 0 Å². The third-order valence-corrected chi connectivity index (χ3v) is 10.4. The van der Waals surface area contributed by atoms with Crippen LogP contribution in [0.15, 0.2) is 49.9 Å². The lowest BCUT2D eigenvalue weighted by Crippen LogP contribution is -2.49. The molecule has 1 saturated heterocycles. The number of oxazole rings is 1. The summed E-state index contributed by atoms with van der Waals surface area (Å²) in [4.78, 5) is 28.4. The van der Waals surface area contributed by atoms with Crippen LogP contribution in [0.1, 0.15) is 26.5 Å². The van der Waals surface area contributed by atoms with Gasteiger partial charge in [-0.1, -0.05) is 44.7 Å². The molecule has 0 aliphatic carbocycles. The summed E-state index contributed by atoms with van der Waals surface area (Å²) in [5.41, 5.74) is 3.53. The van der Waals surface area contributed by atoms with Crippen LogP contribution in [0.5, 0.6) is 0 Å². The standard InChI is InChI=1S/C30H44N5O3S3Si/c1-21-18-24(39-5)27(28(31-21)41-20-25(30(2,3)4)38-42(6)7)33-26(36)19-35-14-12-34(13-15-35)16-17-40-29-32-22-10-8-9-11-23(22)37-29/h8-11,18,25H,12-17,19-20H2,1-7H3,(H,33,36). The maximum Gasteiger partial charge on any atom is 0.256 e. The zero-order chi connectivity index (χ0) is 30.3. The van der Waals surface area contributed by atoms with Gasteiger partial charge in [0, 0.05) is 54.8 Å². The van der Waals surface area contributed by atoms with E-state index in [2.05, 4.69) is 60.0 Å². The van der Waals surface area contributed by atoms with Crippen LogP contribution in [-0.2, 0) is 9.22 Å². The summed E-state index contributed by atoms with van der Waals surface area (Å²) in [6.07, 6.45) is 2.16. The average molecular weight is 647 g/mol. The number of carbonyl (C=O) groups is 1. The van der Waals surface area contributed by atoms with Crippen LogP contribution in [0.25, 0.3) is 11.1 Å². The Bertz CT molecular complexity index is 1290. The highest BCUT2D eigenvalue weighted by Gasteiger charge is 2.28. The number of carbonyl (C=O) groups excluding carboxylic acids is 1. The number of pyridine rings is 1. The molecule has 1 radical (unpaired) electrons. The van der Waals surface area contributed by atoms with E-state index in [1.54, 1.807) is 35.3 Å². The number of nitrogens with one attached hydrogen (secondary N) is 1. The molecule has 1 fully saturated rings.